The smallest absolute Gasteiger partial charge is 0.224 e. The third-order valence-electron chi connectivity index (χ3n) is 3.00. The van der Waals surface area contributed by atoms with E-state index >= 15 is 0 Å². The molecule has 1 aromatic carbocycles. The molecule has 0 spiro atoms. The standard InChI is InChI=1S/C14H14FN3O2/c15-11-1-3-12(4-2-11)20-14-9-13(16-10-17-14)18-5-7-19-8-6-18/h1-4,9-10H,5-8H2. The van der Waals surface area contributed by atoms with E-state index in [4.69, 9.17) is 9.47 Å². The highest BCUT2D eigenvalue weighted by molar-refractivity contribution is 5.42. The van der Waals surface area contributed by atoms with Crippen LogP contribution in [0.3, 0.4) is 0 Å². The zero-order valence-electron chi connectivity index (χ0n) is 10.8. The molecule has 2 aromatic rings. The van der Waals surface area contributed by atoms with Crippen LogP contribution in [0.25, 0.3) is 0 Å². The Morgan fingerprint density at radius 1 is 1.10 bits per heavy atom. The van der Waals surface area contributed by atoms with Crippen molar-refractivity contribution in [3.05, 3.63) is 42.5 Å². The number of benzene rings is 1. The minimum Gasteiger partial charge on any atom is -0.439 e. The van der Waals surface area contributed by atoms with Crippen LogP contribution < -0.4 is 9.64 Å². The fraction of sp³-hybridized carbons (Fsp3) is 0.286. The van der Waals surface area contributed by atoms with Crippen LogP contribution in [-0.4, -0.2) is 36.3 Å². The Bertz CT molecular complexity index is 571. The van der Waals surface area contributed by atoms with Gasteiger partial charge in [0.2, 0.25) is 5.88 Å². The Morgan fingerprint density at radius 3 is 2.60 bits per heavy atom. The molecule has 0 atom stereocenters. The molecule has 0 radical (unpaired) electrons. The van der Waals surface area contributed by atoms with Crippen molar-refractivity contribution in [1.29, 1.82) is 0 Å². The van der Waals surface area contributed by atoms with Crippen LogP contribution in [0.1, 0.15) is 0 Å². The van der Waals surface area contributed by atoms with Crippen LogP contribution in [0.4, 0.5) is 10.2 Å². The molecular formula is C14H14FN3O2. The number of hydrogen-bond acceptors (Lipinski definition) is 5. The molecule has 0 aliphatic carbocycles. The summed E-state index contributed by atoms with van der Waals surface area (Å²) in [5.41, 5.74) is 0. The molecule has 6 heteroatoms. The first-order valence-corrected chi connectivity index (χ1v) is 6.39. The van der Waals surface area contributed by atoms with Crippen LogP contribution in [0.2, 0.25) is 0 Å². The molecule has 0 N–H and O–H groups in total. The Morgan fingerprint density at radius 2 is 1.85 bits per heavy atom. The van der Waals surface area contributed by atoms with Gasteiger partial charge in [-0.05, 0) is 24.3 Å². The molecular weight excluding hydrogens is 261 g/mol. The summed E-state index contributed by atoms with van der Waals surface area (Å²) in [6, 6.07) is 7.59. The minimum atomic E-state index is -0.297. The number of nitrogens with zero attached hydrogens (tertiary/aromatic N) is 3. The molecule has 1 saturated heterocycles. The monoisotopic (exact) mass is 275 g/mol. The van der Waals surface area contributed by atoms with Crippen molar-refractivity contribution in [2.75, 3.05) is 31.2 Å². The van der Waals surface area contributed by atoms with E-state index in [2.05, 4.69) is 14.9 Å². The zero-order chi connectivity index (χ0) is 13.8. The van der Waals surface area contributed by atoms with Gasteiger partial charge in [-0.3, -0.25) is 0 Å². The van der Waals surface area contributed by atoms with Gasteiger partial charge in [0.15, 0.2) is 0 Å². The van der Waals surface area contributed by atoms with Gasteiger partial charge in [-0.15, -0.1) is 0 Å². The summed E-state index contributed by atoms with van der Waals surface area (Å²) in [5.74, 6) is 1.49. The molecule has 0 unspecified atom stereocenters. The Hall–Kier alpha value is -2.21. The van der Waals surface area contributed by atoms with Crippen LogP contribution >= 0.6 is 0 Å². The lowest BCUT2D eigenvalue weighted by Crippen LogP contribution is -2.36. The second-order valence-corrected chi connectivity index (χ2v) is 4.37. The molecule has 3 rings (SSSR count). The Kier molecular flexibility index (Phi) is 3.73. The summed E-state index contributed by atoms with van der Waals surface area (Å²) >= 11 is 0. The van der Waals surface area contributed by atoms with Gasteiger partial charge in [-0.25, -0.2) is 14.4 Å². The fourth-order valence-corrected chi connectivity index (χ4v) is 1.97. The molecule has 1 fully saturated rings. The molecule has 20 heavy (non-hydrogen) atoms. The molecule has 1 aliphatic rings. The lowest BCUT2D eigenvalue weighted by atomic mass is 10.3. The SMILES string of the molecule is Fc1ccc(Oc2cc(N3CCOCC3)ncn2)cc1. The molecule has 104 valence electrons. The normalized spacial score (nSPS) is 15.2. The first kappa shape index (κ1) is 12.8. The van der Waals surface area contributed by atoms with Crippen LogP contribution in [0, 0.1) is 5.82 Å². The minimum absolute atomic E-state index is 0.297. The maximum atomic E-state index is 12.8. The van der Waals surface area contributed by atoms with Crippen molar-refractivity contribution in [3.8, 4) is 11.6 Å². The van der Waals surface area contributed by atoms with Crippen molar-refractivity contribution in [2.45, 2.75) is 0 Å². The molecule has 0 saturated carbocycles. The fourth-order valence-electron chi connectivity index (χ4n) is 1.97. The average molecular weight is 275 g/mol. The molecule has 0 bridgehead atoms. The number of morpholine rings is 1. The number of hydrogen-bond donors (Lipinski definition) is 0. The summed E-state index contributed by atoms with van der Waals surface area (Å²) in [6.45, 7) is 2.98. The van der Waals surface area contributed by atoms with E-state index in [9.17, 15) is 4.39 Å². The first-order chi connectivity index (χ1) is 9.81. The van der Waals surface area contributed by atoms with Gasteiger partial charge in [0.25, 0.3) is 0 Å². The summed E-state index contributed by atoms with van der Waals surface area (Å²) in [5, 5.41) is 0. The van der Waals surface area contributed by atoms with Crippen molar-refractivity contribution in [3.63, 3.8) is 0 Å². The third-order valence-corrected chi connectivity index (χ3v) is 3.00. The lowest BCUT2D eigenvalue weighted by molar-refractivity contribution is 0.122. The first-order valence-electron chi connectivity index (χ1n) is 6.39. The Balaban J connectivity index is 1.75. The number of halogens is 1. The van der Waals surface area contributed by atoms with Gasteiger partial charge in [-0.1, -0.05) is 0 Å². The summed E-state index contributed by atoms with van der Waals surface area (Å²) < 4.78 is 23.7. The van der Waals surface area contributed by atoms with Crippen LogP contribution in [-0.2, 0) is 4.74 Å². The van der Waals surface area contributed by atoms with Crippen molar-refractivity contribution < 1.29 is 13.9 Å². The number of rotatable bonds is 3. The second-order valence-electron chi connectivity index (χ2n) is 4.37. The van der Waals surface area contributed by atoms with Gasteiger partial charge < -0.3 is 14.4 Å². The van der Waals surface area contributed by atoms with E-state index in [-0.39, 0.29) is 5.82 Å². The van der Waals surface area contributed by atoms with E-state index in [1.54, 1.807) is 18.2 Å². The zero-order valence-corrected chi connectivity index (χ0v) is 10.8. The topological polar surface area (TPSA) is 47.5 Å². The number of aromatic nitrogens is 2. The maximum Gasteiger partial charge on any atom is 0.224 e. The van der Waals surface area contributed by atoms with Crippen molar-refractivity contribution in [2.24, 2.45) is 0 Å². The quantitative estimate of drug-likeness (QED) is 0.859. The molecule has 0 amide bonds. The van der Waals surface area contributed by atoms with E-state index in [0.717, 1.165) is 18.9 Å². The second kappa shape index (κ2) is 5.83. The summed E-state index contributed by atoms with van der Waals surface area (Å²) in [7, 11) is 0. The van der Waals surface area contributed by atoms with E-state index < -0.39 is 0 Å². The van der Waals surface area contributed by atoms with E-state index in [0.29, 0.717) is 24.8 Å². The van der Waals surface area contributed by atoms with Gasteiger partial charge in [0.1, 0.15) is 23.7 Å². The predicted molar refractivity (Wildman–Crippen MR) is 71.5 cm³/mol. The Labute approximate surface area is 116 Å². The van der Waals surface area contributed by atoms with E-state index in [1.165, 1.54) is 18.5 Å². The third kappa shape index (κ3) is 3.03. The van der Waals surface area contributed by atoms with Crippen molar-refractivity contribution in [1.82, 2.24) is 9.97 Å². The molecule has 1 aliphatic heterocycles. The van der Waals surface area contributed by atoms with Crippen molar-refractivity contribution >= 4 is 5.82 Å². The van der Waals surface area contributed by atoms with Gasteiger partial charge in [-0.2, -0.15) is 0 Å². The lowest BCUT2D eigenvalue weighted by Gasteiger charge is -2.27. The maximum absolute atomic E-state index is 12.8. The average Bonchev–Trinajstić information content (AvgIpc) is 2.51. The summed E-state index contributed by atoms with van der Waals surface area (Å²) in [6.07, 6.45) is 1.46. The highest BCUT2D eigenvalue weighted by Crippen LogP contribution is 2.22. The van der Waals surface area contributed by atoms with Crippen LogP contribution in [0.5, 0.6) is 11.6 Å². The number of anilines is 1. The van der Waals surface area contributed by atoms with Gasteiger partial charge in [0.05, 0.1) is 13.2 Å². The molecule has 5 nitrogen and oxygen atoms in total. The highest BCUT2D eigenvalue weighted by atomic mass is 19.1. The van der Waals surface area contributed by atoms with Gasteiger partial charge in [0, 0.05) is 19.2 Å². The highest BCUT2D eigenvalue weighted by Gasteiger charge is 2.13. The number of ether oxygens (including phenoxy) is 2. The predicted octanol–water partition coefficient (Wildman–Crippen LogP) is 2.24. The molecule has 1 aromatic heterocycles. The summed E-state index contributed by atoms with van der Waals surface area (Å²) in [4.78, 5) is 10.4. The van der Waals surface area contributed by atoms with Gasteiger partial charge >= 0.3 is 0 Å². The largest absolute Gasteiger partial charge is 0.439 e. The van der Waals surface area contributed by atoms with E-state index in [1.807, 2.05) is 0 Å². The van der Waals surface area contributed by atoms with Crippen LogP contribution in [0.15, 0.2) is 36.7 Å². The molecule has 2 heterocycles.